The number of carbonyl (C=O) groups excluding carboxylic acids is 2. The number of rotatable bonds is 8. The molecule has 1 unspecified atom stereocenters. The van der Waals surface area contributed by atoms with E-state index in [2.05, 4.69) is 10.6 Å². The average Bonchev–Trinajstić information content (AvgIpc) is 2.35. The van der Waals surface area contributed by atoms with Gasteiger partial charge in [-0.15, -0.1) is 0 Å². The van der Waals surface area contributed by atoms with Gasteiger partial charge in [-0.1, -0.05) is 27.7 Å². The second-order valence-electron chi connectivity index (χ2n) is 6.44. The third-order valence-electron chi connectivity index (χ3n) is 2.77. The van der Waals surface area contributed by atoms with Gasteiger partial charge in [0.2, 0.25) is 11.8 Å². The first-order valence-electron chi connectivity index (χ1n) is 7.86. The van der Waals surface area contributed by atoms with Gasteiger partial charge >= 0.3 is 11.9 Å². The molecule has 2 atom stereocenters. The maximum Gasteiger partial charge on any atom is 0.326 e. The minimum atomic E-state index is -0.973. The molecule has 0 aliphatic heterocycles. The number of carbonyl (C=O) groups is 4. The third-order valence-corrected chi connectivity index (χ3v) is 2.77. The van der Waals surface area contributed by atoms with E-state index in [4.69, 9.17) is 10.2 Å². The minimum absolute atomic E-state index is 0.262. The van der Waals surface area contributed by atoms with Crippen LogP contribution in [0.5, 0.6) is 0 Å². The fourth-order valence-electron chi connectivity index (χ4n) is 1.88. The van der Waals surface area contributed by atoms with E-state index >= 15 is 0 Å². The monoisotopic (exact) mass is 346 g/mol. The van der Waals surface area contributed by atoms with Crippen LogP contribution in [0.2, 0.25) is 0 Å². The van der Waals surface area contributed by atoms with Crippen molar-refractivity contribution in [2.75, 3.05) is 0 Å². The Morgan fingerprint density at radius 1 is 0.708 bits per heavy atom. The maximum atomic E-state index is 10.6. The lowest BCUT2D eigenvalue weighted by atomic mass is 10.0. The summed E-state index contributed by atoms with van der Waals surface area (Å²) < 4.78 is 0. The van der Waals surface area contributed by atoms with Crippen LogP contribution in [0.25, 0.3) is 0 Å². The molecule has 0 saturated carbocycles. The molecule has 0 bridgehead atoms. The number of carboxylic acids is 2. The normalized spacial score (nSPS) is 12.7. The summed E-state index contributed by atoms with van der Waals surface area (Å²) in [6, 6.07) is -1.50. The lowest BCUT2D eigenvalue weighted by Gasteiger charge is -2.14. The van der Waals surface area contributed by atoms with Crippen molar-refractivity contribution in [3.8, 4) is 0 Å². The summed E-state index contributed by atoms with van der Waals surface area (Å²) in [6.07, 6.45) is 0.934. The smallest absolute Gasteiger partial charge is 0.326 e. The second-order valence-corrected chi connectivity index (χ2v) is 6.44. The van der Waals surface area contributed by atoms with Crippen LogP contribution >= 0.6 is 0 Å². The molecule has 140 valence electrons. The molecular formula is C16H30N2O6. The molecule has 4 N–H and O–H groups in total. The van der Waals surface area contributed by atoms with Gasteiger partial charge in [0.05, 0.1) is 0 Å². The van der Waals surface area contributed by atoms with Gasteiger partial charge in [0.1, 0.15) is 12.1 Å². The van der Waals surface area contributed by atoms with Crippen molar-refractivity contribution in [2.45, 2.75) is 66.5 Å². The highest BCUT2D eigenvalue weighted by Crippen LogP contribution is 2.05. The fourth-order valence-corrected chi connectivity index (χ4v) is 1.88. The molecule has 8 heteroatoms. The van der Waals surface area contributed by atoms with Crippen molar-refractivity contribution >= 4 is 23.8 Å². The summed E-state index contributed by atoms with van der Waals surface area (Å²) in [7, 11) is 0. The fraction of sp³-hybridized carbons (Fsp3) is 0.750. The Bertz CT molecular complexity index is 394. The SMILES string of the molecule is CC(=O)NC(CC(C)C)C(=O)O.CC(=O)N[C@@H](CC(C)C)C(=O)O. The number of amides is 2. The van der Waals surface area contributed by atoms with E-state index in [9.17, 15) is 19.2 Å². The number of carboxylic acid groups (broad SMARTS) is 2. The molecule has 0 heterocycles. The van der Waals surface area contributed by atoms with Crippen LogP contribution in [0.3, 0.4) is 0 Å². The zero-order valence-electron chi connectivity index (χ0n) is 15.3. The molecule has 0 aromatic rings. The predicted molar refractivity (Wildman–Crippen MR) is 89.4 cm³/mol. The molecule has 8 nitrogen and oxygen atoms in total. The van der Waals surface area contributed by atoms with Gasteiger partial charge in [0, 0.05) is 13.8 Å². The van der Waals surface area contributed by atoms with Crippen molar-refractivity contribution in [3.63, 3.8) is 0 Å². The van der Waals surface area contributed by atoms with Crippen molar-refractivity contribution in [3.05, 3.63) is 0 Å². The largest absolute Gasteiger partial charge is 0.480 e. The first kappa shape index (κ1) is 24.1. The first-order valence-corrected chi connectivity index (χ1v) is 7.86. The second kappa shape index (κ2) is 12.3. The van der Waals surface area contributed by atoms with Crippen molar-refractivity contribution < 1.29 is 29.4 Å². The molecule has 24 heavy (non-hydrogen) atoms. The van der Waals surface area contributed by atoms with Crippen LogP contribution < -0.4 is 10.6 Å². The number of hydrogen-bond donors (Lipinski definition) is 4. The lowest BCUT2D eigenvalue weighted by Crippen LogP contribution is -2.40. The quantitative estimate of drug-likeness (QED) is 0.523. The number of aliphatic carboxylic acids is 2. The molecule has 0 aliphatic rings. The van der Waals surface area contributed by atoms with Gasteiger partial charge in [-0.05, 0) is 24.7 Å². The van der Waals surface area contributed by atoms with E-state index in [-0.39, 0.29) is 23.7 Å². The van der Waals surface area contributed by atoms with Crippen LogP contribution in [0, 0.1) is 11.8 Å². The van der Waals surface area contributed by atoms with Gasteiger partial charge in [0.15, 0.2) is 0 Å². The van der Waals surface area contributed by atoms with E-state index in [0.29, 0.717) is 12.8 Å². The first-order chi connectivity index (χ1) is 10.9. The Labute approximate surface area is 143 Å². The average molecular weight is 346 g/mol. The molecule has 0 aliphatic carbocycles. The van der Waals surface area contributed by atoms with E-state index in [0.717, 1.165) is 0 Å². The third kappa shape index (κ3) is 14.8. The number of nitrogens with one attached hydrogen (secondary N) is 2. The standard InChI is InChI=1S/2C8H15NO3/c2*1-5(2)4-7(8(11)12)9-6(3)10/h2*5,7H,4H2,1-3H3,(H,9,10)(H,11,12)/t7-;/m0./s1. The molecule has 0 aromatic heterocycles. The molecule has 0 aromatic carbocycles. The summed E-state index contributed by atoms with van der Waals surface area (Å²) in [5.41, 5.74) is 0. The topological polar surface area (TPSA) is 133 Å². The van der Waals surface area contributed by atoms with Gasteiger partial charge in [0.25, 0.3) is 0 Å². The van der Waals surface area contributed by atoms with Gasteiger partial charge < -0.3 is 20.8 Å². The minimum Gasteiger partial charge on any atom is -0.480 e. The Kier molecular flexibility index (Phi) is 12.4. The van der Waals surface area contributed by atoms with Crippen LogP contribution in [-0.4, -0.2) is 46.0 Å². The molecule has 2 amide bonds. The maximum absolute atomic E-state index is 10.6. The van der Waals surface area contributed by atoms with E-state index < -0.39 is 24.0 Å². The molecule has 0 spiro atoms. The molecule has 0 radical (unpaired) electrons. The van der Waals surface area contributed by atoms with Crippen LogP contribution in [0.1, 0.15) is 54.4 Å². The Morgan fingerprint density at radius 3 is 1.08 bits per heavy atom. The van der Waals surface area contributed by atoms with Crippen LogP contribution in [-0.2, 0) is 19.2 Å². The van der Waals surface area contributed by atoms with Gasteiger partial charge in [-0.25, -0.2) is 9.59 Å². The summed E-state index contributed by atoms with van der Waals surface area (Å²) in [5.74, 6) is -2.03. The summed E-state index contributed by atoms with van der Waals surface area (Å²) in [4.78, 5) is 42.2. The zero-order chi connectivity index (χ0) is 19.4. The van der Waals surface area contributed by atoms with E-state index in [1.165, 1.54) is 13.8 Å². The highest BCUT2D eigenvalue weighted by Gasteiger charge is 2.19. The predicted octanol–water partition coefficient (Wildman–Crippen LogP) is 1.24. The van der Waals surface area contributed by atoms with E-state index in [1.54, 1.807) is 0 Å². The highest BCUT2D eigenvalue weighted by atomic mass is 16.4. The van der Waals surface area contributed by atoms with Crippen LogP contribution in [0.4, 0.5) is 0 Å². The summed E-state index contributed by atoms with van der Waals surface area (Å²) >= 11 is 0. The van der Waals surface area contributed by atoms with Crippen molar-refractivity contribution in [2.24, 2.45) is 11.8 Å². The summed E-state index contributed by atoms with van der Waals surface area (Å²) in [6.45, 7) is 10.3. The molecule has 0 rings (SSSR count). The molecular weight excluding hydrogens is 316 g/mol. The Morgan fingerprint density at radius 2 is 0.958 bits per heavy atom. The molecule has 0 fully saturated rings. The van der Waals surface area contributed by atoms with Crippen molar-refractivity contribution in [1.29, 1.82) is 0 Å². The van der Waals surface area contributed by atoms with Gasteiger partial charge in [-0.2, -0.15) is 0 Å². The lowest BCUT2D eigenvalue weighted by molar-refractivity contribution is -0.142. The molecule has 0 saturated heterocycles. The highest BCUT2D eigenvalue weighted by molar-refractivity contribution is 5.82. The Balaban J connectivity index is 0. The van der Waals surface area contributed by atoms with Crippen LogP contribution in [0.15, 0.2) is 0 Å². The zero-order valence-corrected chi connectivity index (χ0v) is 15.3. The van der Waals surface area contributed by atoms with Crippen molar-refractivity contribution in [1.82, 2.24) is 10.6 Å². The number of hydrogen-bond acceptors (Lipinski definition) is 4. The van der Waals surface area contributed by atoms with Gasteiger partial charge in [-0.3, -0.25) is 9.59 Å². The Hall–Kier alpha value is -2.12. The van der Waals surface area contributed by atoms with E-state index in [1.807, 2.05) is 27.7 Å². The summed E-state index contributed by atoms with van der Waals surface area (Å²) in [5, 5.41) is 22.1.